The highest BCUT2D eigenvalue weighted by Gasteiger charge is 2.02. The lowest BCUT2D eigenvalue weighted by Gasteiger charge is -2.11. The normalized spacial score (nSPS) is 11.1. The van der Waals surface area contributed by atoms with Crippen molar-refractivity contribution in [3.8, 4) is 0 Å². The molecule has 0 saturated heterocycles. The van der Waals surface area contributed by atoms with Gasteiger partial charge in [0.2, 0.25) is 0 Å². The van der Waals surface area contributed by atoms with Gasteiger partial charge in [0.1, 0.15) is 24.5 Å². The average Bonchev–Trinajstić information content (AvgIpc) is 3.13. The van der Waals surface area contributed by atoms with Gasteiger partial charge >= 0.3 is 0 Å². The van der Waals surface area contributed by atoms with Gasteiger partial charge in [0.05, 0.1) is 6.26 Å². The zero-order valence-electron chi connectivity index (χ0n) is 13.0. The van der Waals surface area contributed by atoms with E-state index in [1.54, 1.807) is 10.9 Å². The monoisotopic (exact) mass is 418 g/mol. The maximum absolute atomic E-state index is 5.31. The molecular weight excluding hydrogens is 395 g/mol. The Morgan fingerprint density at radius 1 is 1.36 bits per heavy atom. The summed E-state index contributed by atoms with van der Waals surface area (Å²) in [5.41, 5.74) is 0. The molecule has 2 N–H and O–H groups in total. The SMILES string of the molecule is CCCNC(=NCc1ncnn1C)NCCc1ccco1.I. The van der Waals surface area contributed by atoms with Crippen LogP contribution in [0.3, 0.4) is 0 Å². The van der Waals surface area contributed by atoms with E-state index in [9.17, 15) is 0 Å². The molecule has 0 fully saturated rings. The first-order valence-corrected chi connectivity index (χ1v) is 7.17. The van der Waals surface area contributed by atoms with Gasteiger partial charge in [0.25, 0.3) is 0 Å². The quantitative estimate of drug-likeness (QED) is 0.407. The number of aromatic nitrogens is 3. The first-order chi connectivity index (χ1) is 10.3. The zero-order chi connectivity index (χ0) is 14.9. The van der Waals surface area contributed by atoms with Gasteiger partial charge in [-0.25, -0.2) is 9.98 Å². The Balaban J connectivity index is 0.00000242. The Hall–Kier alpha value is -1.58. The second-order valence-corrected chi connectivity index (χ2v) is 4.65. The van der Waals surface area contributed by atoms with E-state index in [1.807, 2.05) is 19.2 Å². The lowest BCUT2D eigenvalue weighted by Crippen LogP contribution is -2.38. The molecule has 8 heteroatoms. The van der Waals surface area contributed by atoms with Crippen LogP contribution in [0.15, 0.2) is 34.1 Å². The van der Waals surface area contributed by atoms with Gasteiger partial charge in [-0.15, -0.1) is 24.0 Å². The first kappa shape index (κ1) is 18.5. The lowest BCUT2D eigenvalue weighted by molar-refractivity contribution is 0.506. The van der Waals surface area contributed by atoms with E-state index in [0.29, 0.717) is 6.54 Å². The van der Waals surface area contributed by atoms with E-state index in [4.69, 9.17) is 4.42 Å². The molecule has 0 aromatic carbocycles. The summed E-state index contributed by atoms with van der Waals surface area (Å²) < 4.78 is 7.04. The zero-order valence-corrected chi connectivity index (χ0v) is 15.3. The summed E-state index contributed by atoms with van der Waals surface area (Å²) in [5.74, 6) is 2.58. The average molecular weight is 418 g/mol. The Labute approximate surface area is 147 Å². The summed E-state index contributed by atoms with van der Waals surface area (Å²) >= 11 is 0. The summed E-state index contributed by atoms with van der Waals surface area (Å²) in [7, 11) is 1.86. The van der Waals surface area contributed by atoms with Crippen LogP contribution in [0.2, 0.25) is 0 Å². The van der Waals surface area contributed by atoms with Crippen molar-refractivity contribution < 1.29 is 4.42 Å². The van der Waals surface area contributed by atoms with Crippen molar-refractivity contribution in [3.05, 3.63) is 36.3 Å². The maximum Gasteiger partial charge on any atom is 0.191 e. The van der Waals surface area contributed by atoms with E-state index < -0.39 is 0 Å². The smallest absolute Gasteiger partial charge is 0.191 e. The van der Waals surface area contributed by atoms with E-state index >= 15 is 0 Å². The maximum atomic E-state index is 5.31. The summed E-state index contributed by atoms with van der Waals surface area (Å²) in [6.45, 7) is 4.26. The van der Waals surface area contributed by atoms with Gasteiger partial charge in [0, 0.05) is 26.6 Å². The van der Waals surface area contributed by atoms with E-state index in [2.05, 4.69) is 32.6 Å². The molecule has 0 unspecified atom stereocenters. The van der Waals surface area contributed by atoms with Crippen molar-refractivity contribution in [1.82, 2.24) is 25.4 Å². The largest absolute Gasteiger partial charge is 0.469 e. The summed E-state index contributed by atoms with van der Waals surface area (Å²) in [6.07, 6.45) is 5.09. The molecule has 22 heavy (non-hydrogen) atoms. The van der Waals surface area contributed by atoms with Crippen LogP contribution < -0.4 is 10.6 Å². The third-order valence-corrected chi connectivity index (χ3v) is 2.97. The number of furan rings is 1. The second-order valence-electron chi connectivity index (χ2n) is 4.65. The Morgan fingerprint density at radius 2 is 2.18 bits per heavy atom. The first-order valence-electron chi connectivity index (χ1n) is 7.17. The van der Waals surface area contributed by atoms with Crippen LogP contribution in [-0.2, 0) is 20.0 Å². The standard InChI is InChI=1S/C14H22N6O.HI/c1-3-7-15-14(16-8-6-12-5-4-9-21-12)17-10-13-18-11-19-20(13)2;/h4-5,9,11H,3,6-8,10H2,1-2H3,(H2,15,16,17);1H. The van der Waals surface area contributed by atoms with Crippen LogP contribution >= 0.6 is 24.0 Å². The third-order valence-electron chi connectivity index (χ3n) is 2.97. The summed E-state index contributed by atoms with van der Waals surface area (Å²) in [5, 5.41) is 10.6. The van der Waals surface area contributed by atoms with Gasteiger partial charge in [-0.3, -0.25) is 4.68 Å². The van der Waals surface area contributed by atoms with Crippen molar-refractivity contribution in [2.45, 2.75) is 26.3 Å². The minimum Gasteiger partial charge on any atom is -0.469 e. The van der Waals surface area contributed by atoms with Gasteiger partial charge in [-0.2, -0.15) is 5.10 Å². The fraction of sp³-hybridized carbons (Fsp3) is 0.500. The molecule has 0 saturated carbocycles. The summed E-state index contributed by atoms with van der Waals surface area (Å²) in [6, 6.07) is 3.87. The van der Waals surface area contributed by atoms with Crippen LogP contribution in [0.1, 0.15) is 24.9 Å². The van der Waals surface area contributed by atoms with Crippen LogP contribution in [0.4, 0.5) is 0 Å². The molecule has 122 valence electrons. The second kappa shape index (κ2) is 10.2. The van der Waals surface area contributed by atoms with Crippen LogP contribution in [-0.4, -0.2) is 33.8 Å². The number of nitrogens with zero attached hydrogens (tertiary/aromatic N) is 4. The molecule has 0 radical (unpaired) electrons. The number of aliphatic imine (C=N–C) groups is 1. The molecular formula is C14H23IN6O. The molecule has 0 spiro atoms. The molecule has 0 aliphatic rings. The van der Waals surface area contributed by atoms with Crippen molar-refractivity contribution in [2.24, 2.45) is 12.0 Å². The minimum absolute atomic E-state index is 0. The van der Waals surface area contributed by atoms with E-state index in [-0.39, 0.29) is 24.0 Å². The highest BCUT2D eigenvalue weighted by atomic mass is 127. The molecule has 0 aliphatic carbocycles. The van der Waals surface area contributed by atoms with Crippen molar-refractivity contribution in [1.29, 1.82) is 0 Å². The number of guanidine groups is 1. The van der Waals surface area contributed by atoms with Gasteiger partial charge in [-0.05, 0) is 18.6 Å². The predicted molar refractivity (Wildman–Crippen MR) is 96.3 cm³/mol. The van der Waals surface area contributed by atoms with Crippen molar-refractivity contribution >= 4 is 29.9 Å². The molecule has 0 atom stereocenters. The number of hydrogen-bond acceptors (Lipinski definition) is 4. The van der Waals surface area contributed by atoms with E-state index in [1.165, 1.54) is 6.33 Å². The number of rotatable bonds is 7. The van der Waals surface area contributed by atoms with Gasteiger partial charge in [0.15, 0.2) is 5.96 Å². The Bertz CT molecular complexity index is 551. The van der Waals surface area contributed by atoms with Crippen molar-refractivity contribution in [3.63, 3.8) is 0 Å². The molecule has 0 aliphatic heterocycles. The molecule has 0 bridgehead atoms. The molecule has 2 aromatic rings. The minimum atomic E-state index is 0. The topological polar surface area (TPSA) is 80.3 Å². The van der Waals surface area contributed by atoms with Crippen molar-refractivity contribution in [2.75, 3.05) is 13.1 Å². The number of nitrogens with one attached hydrogen (secondary N) is 2. The molecule has 2 rings (SSSR count). The fourth-order valence-electron chi connectivity index (χ4n) is 1.79. The fourth-order valence-corrected chi connectivity index (χ4v) is 1.79. The summed E-state index contributed by atoms with van der Waals surface area (Å²) in [4.78, 5) is 8.69. The molecule has 7 nitrogen and oxygen atoms in total. The number of hydrogen-bond donors (Lipinski definition) is 2. The van der Waals surface area contributed by atoms with Gasteiger partial charge in [-0.1, -0.05) is 6.92 Å². The Morgan fingerprint density at radius 3 is 2.82 bits per heavy atom. The molecule has 2 heterocycles. The van der Waals surface area contributed by atoms with Crippen LogP contribution in [0, 0.1) is 0 Å². The third kappa shape index (κ3) is 6.04. The highest BCUT2D eigenvalue weighted by molar-refractivity contribution is 14.0. The van der Waals surface area contributed by atoms with Crippen LogP contribution in [0.25, 0.3) is 0 Å². The predicted octanol–water partition coefficient (Wildman–Crippen LogP) is 1.71. The lowest BCUT2D eigenvalue weighted by atomic mass is 10.3. The number of halogens is 1. The Kier molecular flexibility index (Phi) is 8.56. The van der Waals surface area contributed by atoms with E-state index in [0.717, 1.165) is 43.5 Å². The number of aryl methyl sites for hydroxylation is 1. The highest BCUT2D eigenvalue weighted by Crippen LogP contribution is 1.99. The molecule has 2 aromatic heterocycles. The van der Waals surface area contributed by atoms with Crippen LogP contribution in [0.5, 0.6) is 0 Å². The molecule has 0 amide bonds. The van der Waals surface area contributed by atoms with Gasteiger partial charge < -0.3 is 15.1 Å².